The van der Waals surface area contributed by atoms with Gasteiger partial charge in [-0.15, -0.1) is 10.2 Å². The van der Waals surface area contributed by atoms with Crippen molar-refractivity contribution in [1.82, 2.24) is 20.6 Å². The number of aromatic nitrogens is 4. The Morgan fingerprint density at radius 3 is 2.36 bits per heavy atom. The third-order valence-electron chi connectivity index (χ3n) is 3.95. The van der Waals surface area contributed by atoms with Crippen LogP contribution < -0.4 is 0 Å². The molecular weight excluding hydrogens is 314 g/mol. The molecule has 3 aromatic rings. The SMILES string of the molecule is CC(C)[C@@H](C=O)N=Cc1ccc(-c2ccccc2-c2nn[nH]n2)cc1. The van der Waals surface area contributed by atoms with E-state index in [0.717, 1.165) is 28.5 Å². The molecule has 1 aromatic heterocycles. The van der Waals surface area contributed by atoms with Crippen molar-refractivity contribution in [3.05, 3.63) is 54.1 Å². The summed E-state index contributed by atoms with van der Waals surface area (Å²) in [5.74, 6) is 0.752. The molecule has 0 aliphatic rings. The number of carbonyl (C=O) groups is 1. The molecule has 0 bridgehead atoms. The van der Waals surface area contributed by atoms with E-state index in [9.17, 15) is 4.79 Å². The fourth-order valence-electron chi connectivity index (χ4n) is 2.49. The lowest BCUT2D eigenvalue weighted by Gasteiger charge is -2.09. The highest BCUT2D eigenvalue weighted by molar-refractivity contribution is 5.85. The molecule has 0 aliphatic heterocycles. The summed E-state index contributed by atoms with van der Waals surface area (Å²) in [6.07, 6.45) is 2.63. The van der Waals surface area contributed by atoms with Gasteiger partial charge in [0.1, 0.15) is 12.3 Å². The standard InChI is InChI=1S/C19H19N5O/c1-13(2)18(12-25)20-11-14-7-9-15(10-8-14)16-5-3-4-6-17(16)19-21-23-24-22-19/h3-13,18H,1-2H3,(H,21,22,23,24)/t18-/m1/s1. The topological polar surface area (TPSA) is 83.9 Å². The van der Waals surface area contributed by atoms with Gasteiger partial charge in [-0.05, 0) is 27.8 Å². The van der Waals surface area contributed by atoms with Gasteiger partial charge in [-0.1, -0.05) is 62.4 Å². The summed E-state index contributed by atoms with van der Waals surface area (Å²) in [7, 11) is 0. The molecule has 0 aliphatic carbocycles. The predicted molar refractivity (Wildman–Crippen MR) is 97.3 cm³/mol. The molecule has 1 N–H and O–H groups in total. The largest absolute Gasteiger partial charge is 0.301 e. The highest BCUT2D eigenvalue weighted by Crippen LogP contribution is 2.29. The maximum Gasteiger partial charge on any atom is 0.205 e. The van der Waals surface area contributed by atoms with E-state index in [0.29, 0.717) is 5.82 Å². The van der Waals surface area contributed by atoms with E-state index in [1.165, 1.54) is 0 Å². The lowest BCUT2D eigenvalue weighted by Crippen LogP contribution is -2.14. The Labute approximate surface area is 146 Å². The third-order valence-corrected chi connectivity index (χ3v) is 3.95. The highest BCUT2D eigenvalue weighted by Gasteiger charge is 2.11. The van der Waals surface area contributed by atoms with Crippen molar-refractivity contribution in [3.8, 4) is 22.5 Å². The molecule has 6 nitrogen and oxygen atoms in total. The van der Waals surface area contributed by atoms with Gasteiger partial charge in [0, 0.05) is 11.8 Å². The fraction of sp³-hybridized carbons (Fsp3) is 0.211. The van der Waals surface area contributed by atoms with Crippen molar-refractivity contribution in [2.24, 2.45) is 10.9 Å². The Hall–Kier alpha value is -3.15. The molecule has 0 radical (unpaired) electrons. The molecule has 1 atom stereocenters. The number of H-pyrrole nitrogens is 1. The molecule has 1 heterocycles. The first-order valence-corrected chi connectivity index (χ1v) is 8.11. The maximum atomic E-state index is 11.0. The molecule has 0 amide bonds. The zero-order valence-electron chi connectivity index (χ0n) is 14.1. The minimum absolute atomic E-state index is 0.190. The number of nitrogens with one attached hydrogen (secondary N) is 1. The number of benzene rings is 2. The van der Waals surface area contributed by atoms with Gasteiger partial charge in [0.2, 0.25) is 5.82 Å². The van der Waals surface area contributed by atoms with Gasteiger partial charge in [-0.3, -0.25) is 4.99 Å². The first-order chi connectivity index (χ1) is 12.2. The minimum Gasteiger partial charge on any atom is -0.301 e. The van der Waals surface area contributed by atoms with Crippen molar-refractivity contribution in [1.29, 1.82) is 0 Å². The zero-order chi connectivity index (χ0) is 17.6. The van der Waals surface area contributed by atoms with Gasteiger partial charge in [-0.25, -0.2) is 0 Å². The summed E-state index contributed by atoms with van der Waals surface area (Å²) in [4.78, 5) is 15.4. The Morgan fingerprint density at radius 2 is 1.76 bits per heavy atom. The number of aliphatic imine (C=N–C) groups is 1. The predicted octanol–water partition coefficient (Wildman–Crippen LogP) is 3.18. The van der Waals surface area contributed by atoms with E-state index in [-0.39, 0.29) is 12.0 Å². The van der Waals surface area contributed by atoms with Gasteiger partial charge < -0.3 is 4.79 Å². The van der Waals surface area contributed by atoms with Crippen LogP contribution in [-0.2, 0) is 4.79 Å². The van der Waals surface area contributed by atoms with Crippen molar-refractivity contribution in [3.63, 3.8) is 0 Å². The zero-order valence-corrected chi connectivity index (χ0v) is 14.1. The van der Waals surface area contributed by atoms with Crippen molar-refractivity contribution < 1.29 is 4.79 Å². The Morgan fingerprint density at radius 1 is 1.04 bits per heavy atom. The number of aldehydes is 1. The van der Waals surface area contributed by atoms with Gasteiger partial charge in [-0.2, -0.15) is 5.21 Å². The molecule has 6 heteroatoms. The number of aromatic amines is 1. The summed E-state index contributed by atoms with van der Waals surface area (Å²) < 4.78 is 0. The van der Waals surface area contributed by atoms with Crippen LogP contribution in [-0.4, -0.2) is 39.2 Å². The molecule has 0 spiro atoms. The molecule has 0 saturated heterocycles. The Balaban J connectivity index is 1.87. The van der Waals surface area contributed by atoms with Crippen molar-refractivity contribution in [2.75, 3.05) is 0 Å². The van der Waals surface area contributed by atoms with E-state index in [4.69, 9.17) is 0 Å². The second kappa shape index (κ2) is 7.61. The minimum atomic E-state index is -0.307. The summed E-state index contributed by atoms with van der Waals surface area (Å²) in [6.45, 7) is 3.96. The van der Waals surface area contributed by atoms with Crippen LogP contribution in [0, 0.1) is 5.92 Å². The molecular formula is C19H19N5O. The second-order valence-corrected chi connectivity index (χ2v) is 6.05. The van der Waals surface area contributed by atoms with E-state index < -0.39 is 0 Å². The van der Waals surface area contributed by atoms with Gasteiger partial charge in [0.15, 0.2) is 0 Å². The Kier molecular flexibility index (Phi) is 5.09. The summed E-state index contributed by atoms with van der Waals surface area (Å²) in [5, 5.41) is 14.2. The number of nitrogens with zero attached hydrogens (tertiary/aromatic N) is 4. The normalized spacial score (nSPS) is 12.6. The average Bonchev–Trinajstić information content (AvgIpc) is 3.17. The summed E-state index contributed by atoms with van der Waals surface area (Å²) >= 11 is 0. The monoisotopic (exact) mass is 333 g/mol. The maximum absolute atomic E-state index is 11.0. The van der Waals surface area contributed by atoms with E-state index in [1.54, 1.807) is 6.21 Å². The van der Waals surface area contributed by atoms with Crippen LogP contribution in [0.4, 0.5) is 0 Å². The smallest absolute Gasteiger partial charge is 0.205 e. The van der Waals surface area contributed by atoms with Crippen LogP contribution in [0.1, 0.15) is 19.4 Å². The summed E-state index contributed by atoms with van der Waals surface area (Å²) in [5.41, 5.74) is 3.94. The Bertz CT molecular complexity index is 854. The van der Waals surface area contributed by atoms with Crippen LogP contribution >= 0.6 is 0 Å². The average molecular weight is 333 g/mol. The van der Waals surface area contributed by atoms with E-state index >= 15 is 0 Å². The lowest BCUT2D eigenvalue weighted by molar-refractivity contribution is -0.109. The quantitative estimate of drug-likeness (QED) is 0.555. The van der Waals surface area contributed by atoms with Gasteiger partial charge in [0.05, 0.1) is 0 Å². The van der Waals surface area contributed by atoms with Crippen LogP contribution in [0.15, 0.2) is 53.5 Å². The number of tetrazole rings is 1. The molecule has 2 aromatic carbocycles. The highest BCUT2D eigenvalue weighted by atomic mass is 16.1. The fourth-order valence-corrected chi connectivity index (χ4v) is 2.49. The lowest BCUT2D eigenvalue weighted by atomic mass is 9.98. The van der Waals surface area contributed by atoms with E-state index in [2.05, 4.69) is 25.6 Å². The van der Waals surface area contributed by atoms with Crippen LogP contribution in [0.5, 0.6) is 0 Å². The van der Waals surface area contributed by atoms with Crippen molar-refractivity contribution >= 4 is 12.5 Å². The number of hydrogen-bond acceptors (Lipinski definition) is 5. The number of carbonyl (C=O) groups excluding carboxylic acids is 1. The number of hydrogen-bond donors (Lipinski definition) is 1. The van der Waals surface area contributed by atoms with Gasteiger partial charge >= 0.3 is 0 Å². The molecule has 126 valence electrons. The molecule has 0 unspecified atom stereocenters. The third kappa shape index (κ3) is 3.85. The first-order valence-electron chi connectivity index (χ1n) is 8.11. The number of rotatable bonds is 6. The second-order valence-electron chi connectivity index (χ2n) is 6.05. The van der Waals surface area contributed by atoms with Crippen LogP contribution in [0.2, 0.25) is 0 Å². The van der Waals surface area contributed by atoms with Crippen LogP contribution in [0.3, 0.4) is 0 Å². The van der Waals surface area contributed by atoms with Crippen molar-refractivity contribution in [2.45, 2.75) is 19.9 Å². The van der Waals surface area contributed by atoms with E-state index in [1.807, 2.05) is 62.4 Å². The molecule has 0 fully saturated rings. The summed E-state index contributed by atoms with van der Waals surface area (Å²) in [6, 6.07) is 15.6. The van der Waals surface area contributed by atoms with Crippen LogP contribution in [0.25, 0.3) is 22.5 Å². The van der Waals surface area contributed by atoms with Gasteiger partial charge in [0.25, 0.3) is 0 Å². The molecule has 3 rings (SSSR count). The molecule has 25 heavy (non-hydrogen) atoms. The first kappa shape index (κ1) is 16.7. The molecule has 0 saturated carbocycles.